The summed E-state index contributed by atoms with van der Waals surface area (Å²) in [7, 11) is 1.71. The Morgan fingerprint density at radius 1 is 1.19 bits per heavy atom. The number of fused-ring (bicyclic) bond motifs is 1. The van der Waals surface area contributed by atoms with E-state index in [0.29, 0.717) is 0 Å². The van der Waals surface area contributed by atoms with E-state index < -0.39 is 0 Å². The van der Waals surface area contributed by atoms with E-state index >= 15 is 0 Å². The van der Waals surface area contributed by atoms with E-state index in [1.54, 1.807) is 7.11 Å². The zero-order valence-corrected chi connectivity index (χ0v) is 12.6. The molecule has 1 N–H and O–H groups in total. The minimum absolute atomic E-state index is 0.797. The highest BCUT2D eigenvalue weighted by Crippen LogP contribution is 2.33. The van der Waals surface area contributed by atoms with Gasteiger partial charge in [0.05, 0.1) is 13.7 Å². The van der Waals surface area contributed by atoms with Crippen molar-refractivity contribution in [2.24, 2.45) is 0 Å². The Morgan fingerprint density at radius 3 is 2.90 bits per heavy atom. The Kier molecular flexibility index (Phi) is 4.11. The molecule has 0 aromatic heterocycles. The average Bonchev–Trinajstić information content (AvgIpc) is 3.00. The Hall–Kier alpha value is -2.00. The molecule has 1 aliphatic rings. The van der Waals surface area contributed by atoms with Crippen LogP contribution in [0.1, 0.15) is 18.1 Å². The number of hydrogen-bond donors (Lipinski definition) is 1. The Labute approximate surface area is 125 Å². The SMILES string of the molecule is CCNCc1cc(OC)ccc1-c1ccc2c(c1)CCO2. The topological polar surface area (TPSA) is 30.5 Å². The van der Waals surface area contributed by atoms with Crippen LogP contribution in [0.5, 0.6) is 11.5 Å². The zero-order chi connectivity index (χ0) is 14.7. The van der Waals surface area contributed by atoms with Crippen LogP contribution in [0.3, 0.4) is 0 Å². The van der Waals surface area contributed by atoms with Gasteiger partial charge in [0.2, 0.25) is 0 Å². The van der Waals surface area contributed by atoms with E-state index in [1.165, 1.54) is 22.3 Å². The van der Waals surface area contributed by atoms with Crippen LogP contribution in [0.2, 0.25) is 0 Å². The second kappa shape index (κ2) is 6.19. The Bertz CT molecular complexity index is 637. The maximum Gasteiger partial charge on any atom is 0.122 e. The van der Waals surface area contributed by atoms with Crippen molar-refractivity contribution in [3.63, 3.8) is 0 Å². The van der Waals surface area contributed by atoms with E-state index in [2.05, 4.69) is 42.6 Å². The lowest BCUT2D eigenvalue weighted by Crippen LogP contribution is -2.12. The zero-order valence-electron chi connectivity index (χ0n) is 12.6. The van der Waals surface area contributed by atoms with Crippen molar-refractivity contribution in [2.45, 2.75) is 19.9 Å². The van der Waals surface area contributed by atoms with Crippen LogP contribution in [-0.2, 0) is 13.0 Å². The first-order valence-corrected chi connectivity index (χ1v) is 7.45. The molecule has 0 spiro atoms. The van der Waals surface area contributed by atoms with Gasteiger partial charge in [-0.1, -0.05) is 19.1 Å². The summed E-state index contributed by atoms with van der Waals surface area (Å²) in [6.45, 7) is 4.71. The summed E-state index contributed by atoms with van der Waals surface area (Å²) in [4.78, 5) is 0. The van der Waals surface area contributed by atoms with Crippen LogP contribution in [0.4, 0.5) is 0 Å². The number of benzene rings is 2. The molecule has 0 atom stereocenters. The molecule has 0 saturated heterocycles. The molecule has 0 unspecified atom stereocenters. The Balaban J connectivity index is 2.00. The van der Waals surface area contributed by atoms with Crippen LogP contribution in [-0.4, -0.2) is 20.3 Å². The average molecular weight is 283 g/mol. The first-order valence-electron chi connectivity index (χ1n) is 7.45. The van der Waals surface area contributed by atoms with Crippen molar-refractivity contribution in [3.05, 3.63) is 47.5 Å². The molecule has 0 fully saturated rings. The molecule has 3 rings (SSSR count). The molecule has 1 heterocycles. The van der Waals surface area contributed by atoms with Crippen molar-refractivity contribution >= 4 is 0 Å². The van der Waals surface area contributed by atoms with Gasteiger partial charge in [0, 0.05) is 13.0 Å². The van der Waals surface area contributed by atoms with Crippen LogP contribution in [0.15, 0.2) is 36.4 Å². The highest BCUT2D eigenvalue weighted by atomic mass is 16.5. The lowest BCUT2D eigenvalue weighted by molar-refractivity contribution is 0.357. The fourth-order valence-corrected chi connectivity index (χ4v) is 2.74. The summed E-state index contributed by atoms with van der Waals surface area (Å²) in [5.74, 6) is 1.93. The Morgan fingerprint density at radius 2 is 2.10 bits per heavy atom. The third-order valence-corrected chi connectivity index (χ3v) is 3.88. The molecule has 3 nitrogen and oxygen atoms in total. The molecule has 110 valence electrons. The van der Waals surface area contributed by atoms with E-state index in [9.17, 15) is 0 Å². The fraction of sp³-hybridized carbons (Fsp3) is 0.333. The molecule has 0 saturated carbocycles. The molecule has 0 radical (unpaired) electrons. The molecule has 3 heteroatoms. The van der Waals surface area contributed by atoms with Crippen LogP contribution in [0.25, 0.3) is 11.1 Å². The highest BCUT2D eigenvalue weighted by Gasteiger charge is 2.14. The summed E-state index contributed by atoms with van der Waals surface area (Å²) in [5.41, 5.74) is 5.06. The van der Waals surface area contributed by atoms with Gasteiger partial charge >= 0.3 is 0 Å². The van der Waals surface area contributed by atoms with E-state index in [1.807, 2.05) is 6.07 Å². The monoisotopic (exact) mass is 283 g/mol. The summed E-state index contributed by atoms with van der Waals surface area (Å²) in [6.07, 6.45) is 1.00. The van der Waals surface area contributed by atoms with Gasteiger partial charge in [0.15, 0.2) is 0 Å². The second-order valence-electron chi connectivity index (χ2n) is 5.22. The van der Waals surface area contributed by atoms with Crippen LogP contribution < -0.4 is 14.8 Å². The number of rotatable bonds is 5. The summed E-state index contributed by atoms with van der Waals surface area (Å²) >= 11 is 0. The number of methoxy groups -OCH3 is 1. The molecule has 21 heavy (non-hydrogen) atoms. The van der Waals surface area contributed by atoms with Crippen LogP contribution in [0, 0.1) is 0 Å². The van der Waals surface area contributed by atoms with Gasteiger partial charge < -0.3 is 14.8 Å². The van der Waals surface area contributed by atoms with Gasteiger partial charge in [-0.2, -0.15) is 0 Å². The standard InChI is InChI=1S/C18H21NO2/c1-3-19-12-15-11-16(20-2)5-6-17(15)13-4-7-18-14(10-13)8-9-21-18/h4-7,10-11,19H,3,8-9,12H2,1-2H3. The van der Waals surface area contributed by atoms with E-state index in [4.69, 9.17) is 9.47 Å². The van der Waals surface area contributed by atoms with Gasteiger partial charge in [-0.3, -0.25) is 0 Å². The molecular weight excluding hydrogens is 262 g/mol. The normalized spacial score (nSPS) is 12.9. The minimum atomic E-state index is 0.797. The van der Waals surface area contributed by atoms with Crippen molar-refractivity contribution in [2.75, 3.05) is 20.3 Å². The lowest BCUT2D eigenvalue weighted by atomic mass is 9.97. The van der Waals surface area contributed by atoms with Crippen molar-refractivity contribution in [1.29, 1.82) is 0 Å². The van der Waals surface area contributed by atoms with E-state index in [-0.39, 0.29) is 0 Å². The third kappa shape index (κ3) is 2.88. The number of hydrogen-bond acceptors (Lipinski definition) is 3. The molecule has 2 aromatic rings. The lowest BCUT2D eigenvalue weighted by Gasteiger charge is -2.13. The summed E-state index contributed by atoms with van der Waals surface area (Å²) in [5, 5.41) is 3.40. The number of ether oxygens (including phenoxy) is 2. The van der Waals surface area contributed by atoms with Crippen LogP contribution >= 0.6 is 0 Å². The highest BCUT2D eigenvalue weighted by molar-refractivity contribution is 5.70. The van der Waals surface area contributed by atoms with Gasteiger partial charge in [-0.15, -0.1) is 0 Å². The van der Waals surface area contributed by atoms with Gasteiger partial charge in [0.1, 0.15) is 11.5 Å². The molecular formula is C18H21NO2. The molecule has 2 aromatic carbocycles. The first kappa shape index (κ1) is 14.0. The molecule has 0 amide bonds. The van der Waals surface area contributed by atoms with E-state index in [0.717, 1.165) is 37.6 Å². The second-order valence-corrected chi connectivity index (χ2v) is 5.22. The minimum Gasteiger partial charge on any atom is -0.497 e. The predicted octanol–water partition coefficient (Wildman–Crippen LogP) is 3.41. The fourth-order valence-electron chi connectivity index (χ4n) is 2.74. The largest absolute Gasteiger partial charge is 0.497 e. The van der Waals surface area contributed by atoms with Crippen molar-refractivity contribution < 1.29 is 9.47 Å². The summed E-state index contributed by atoms with van der Waals surface area (Å²) in [6, 6.07) is 12.7. The van der Waals surface area contributed by atoms with Gasteiger partial charge in [-0.05, 0) is 53.1 Å². The van der Waals surface area contributed by atoms with Gasteiger partial charge in [0.25, 0.3) is 0 Å². The van der Waals surface area contributed by atoms with Crippen molar-refractivity contribution in [3.8, 4) is 22.6 Å². The maximum atomic E-state index is 5.59. The maximum absolute atomic E-state index is 5.59. The quantitative estimate of drug-likeness (QED) is 0.912. The predicted molar refractivity (Wildman–Crippen MR) is 85.0 cm³/mol. The molecule has 0 aliphatic carbocycles. The molecule has 0 bridgehead atoms. The first-order chi connectivity index (χ1) is 10.3. The van der Waals surface area contributed by atoms with Crippen molar-refractivity contribution in [1.82, 2.24) is 5.32 Å². The smallest absolute Gasteiger partial charge is 0.122 e. The number of nitrogens with one attached hydrogen (secondary N) is 1. The summed E-state index contributed by atoms with van der Waals surface area (Å²) < 4.78 is 10.9. The molecule has 1 aliphatic heterocycles. The third-order valence-electron chi connectivity index (χ3n) is 3.88. The van der Waals surface area contributed by atoms with Gasteiger partial charge in [-0.25, -0.2) is 0 Å².